The van der Waals surface area contributed by atoms with Gasteiger partial charge in [-0.05, 0) is 13.3 Å². The Morgan fingerprint density at radius 1 is 1.16 bits per heavy atom. The summed E-state index contributed by atoms with van der Waals surface area (Å²) in [5.41, 5.74) is 0. The first-order valence-corrected chi connectivity index (χ1v) is 6.94. The first-order valence-electron chi connectivity index (χ1n) is 6.94. The number of amides is 1. The van der Waals surface area contributed by atoms with E-state index in [1.165, 1.54) is 6.92 Å². The van der Waals surface area contributed by atoms with Crippen LogP contribution in [-0.2, 0) is 19.1 Å². The van der Waals surface area contributed by atoms with Crippen LogP contribution in [0.5, 0.6) is 0 Å². The molecule has 5 heteroatoms. The molecule has 0 bridgehead atoms. The van der Waals surface area contributed by atoms with Gasteiger partial charge in [0, 0.05) is 25.3 Å². The number of hydrogen-bond donors (Lipinski definition) is 0. The third-order valence-electron chi connectivity index (χ3n) is 3.52. The molecule has 0 aromatic carbocycles. The van der Waals surface area contributed by atoms with Crippen LogP contribution in [0.4, 0.5) is 0 Å². The van der Waals surface area contributed by atoms with Gasteiger partial charge in [0.2, 0.25) is 5.91 Å². The largest absolute Gasteiger partial charge is 0.460 e. The molecule has 1 rings (SSSR count). The molecule has 1 aliphatic rings. The van der Waals surface area contributed by atoms with E-state index in [-0.39, 0.29) is 42.5 Å². The van der Waals surface area contributed by atoms with Crippen molar-refractivity contribution in [3.63, 3.8) is 0 Å². The second-order valence-electron chi connectivity index (χ2n) is 5.05. The lowest BCUT2D eigenvalue weighted by Crippen LogP contribution is -2.30. The lowest BCUT2D eigenvalue weighted by Gasteiger charge is -2.17. The van der Waals surface area contributed by atoms with Crippen LogP contribution in [0.15, 0.2) is 0 Å². The van der Waals surface area contributed by atoms with Crippen molar-refractivity contribution in [1.82, 2.24) is 4.90 Å². The van der Waals surface area contributed by atoms with Gasteiger partial charge >= 0.3 is 5.97 Å². The van der Waals surface area contributed by atoms with Crippen molar-refractivity contribution in [3.8, 4) is 0 Å². The molecule has 19 heavy (non-hydrogen) atoms. The number of likely N-dealkylation sites (tertiary alicyclic amines) is 1. The van der Waals surface area contributed by atoms with Crippen LogP contribution in [0.3, 0.4) is 0 Å². The van der Waals surface area contributed by atoms with E-state index < -0.39 is 0 Å². The average molecular weight is 269 g/mol. The minimum Gasteiger partial charge on any atom is -0.460 e. The van der Waals surface area contributed by atoms with E-state index >= 15 is 0 Å². The molecule has 1 aliphatic heterocycles. The van der Waals surface area contributed by atoms with Crippen molar-refractivity contribution in [1.29, 1.82) is 0 Å². The van der Waals surface area contributed by atoms with Gasteiger partial charge in [-0.2, -0.15) is 0 Å². The highest BCUT2D eigenvalue weighted by Gasteiger charge is 2.35. The smallest absolute Gasteiger partial charge is 0.306 e. The van der Waals surface area contributed by atoms with Crippen molar-refractivity contribution in [2.75, 3.05) is 13.1 Å². The highest BCUT2D eigenvalue weighted by molar-refractivity contribution is 5.81. The molecule has 1 saturated heterocycles. The molecule has 1 heterocycles. The lowest BCUT2D eigenvalue weighted by atomic mass is 10.0. The number of rotatable bonds is 6. The third kappa shape index (κ3) is 4.65. The fourth-order valence-electron chi connectivity index (χ4n) is 2.30. The highest BCUT2D eigenvalue weighted by Crippen LogP contribution is 2.24. The van der Waals surface area contributed by atoms with Gasteiger partial charge in [0.1, 0.15) is 11.9 Å². The standard InChI is InChI=1S/C14H23NO4/c1-4-11-8-15(13(17)5-2)9-12(11)19-14(18)7-6-10(3)16/h11-12H,4-9H2,1-3H3/t11-,12+/m1/s1. The van der Waals surface area contributed by atoms with Gasteiger partial charge in [-0.3, -0.25) is 9.59 Å². The Labute approximate surface area is 114 Å². The first-order chi connectivity index (χ1) is 8.97. The molecule has 1 fully saturated rings. The maximum Gasteiger partial charge on any atom is 0.306 e. The predicted molar refractivity (Wildman–Crippen MR) is 70.4 cm³/mol. The number of ether oxygens (including phenoxy) is 1. The van der Waals surface area contributed by atoms with Crippen molar-refractivity contribution < 1.29 is 19.1 Å². The van der Waals surface area contributed by atoms with E-state index in [1.54, 1.807) is 4.90 Å². The van der Waals surface area contributed by atoms with Gasteiger partial charge in [0.05, 0.1) is 13.0 Å². The molecule has 0 aromatic heterocycles. The fraction of sp³-hybridized carbons (Fsp3) is 0.786. The van der Waals surface area contributed by atoms with Crippen LogP contribution in [0, 0.1) is 5.92 Å². The zero-order valence-corrected chi connectivity index (χ0v) is 12.0. The zero-order chi connectivity index (χ0) is 14.4. The summed E-state index contributed by atoms with van der Waals surface area (Å²) >= 11 is 0. The van der Waals surface area contributed by atoms with E-state index in [1.807, 2.05) is 13.8 Å². The molecule has 0 aromatic rings. The summed E-state index contributed by atoms with van der Waals surface area (Å²) in [7, 11) is 0. The molecule has 0 N–H and O–H groups in total. The number of Topliss-reactive ketones (excluding diaryl/α,β-unsaturated/α-hetero) is 1. The van der Waals surface area contributed by atoms with Gasteiger partial charge in [-0.1, -0.05) is 13.8 Å². The van der Waals surface area contributed by atoms with E-state index in [0.717, 1.165) is 6.42 Å². The number of esters is 1. The number of hydrogen-bond acceptors (Lipinski definition) is 4. The summed E-state index contributed by atoms with van der Waals surface area (Å²) in [4.78, 5) is 35.9. The van der Waals surface area contributed by atoms with Crippen LogP contribution in [0.25, 0.3) is 0 Å². The summed E-state index contributed by atoms with van der Waals surface area (Å²) in [6.07, 6.45) is 1.48. The quantitative estimate of drug-likeness (QED) is 0.686. The van der Waals surface area contributed by atoms with Crippen LogP contribution >= 0.6 is 0 Å². The Bertz CT molecular complexity index is 353. The summed E-state index contributed by atoms with van der Waals surface area (Å²) in [6.45, 7) is 6.46. The van der Waals surface area contributed by atoms with Crippen LogP contribution < -0.4 is 0 Å². The number of carbonyl (C=O) groups is 3. The second kappa shape index (κ2) is 7.26. The van der Waals surface area contributed by atoms with Crippen LogP contribution in [-0.4, -0.2) is 41.8 Å². The Morgan fingerprint density at radius 2 is 1.84 bits per heavy atom. The third-order valence-corrected chi connectivity index (χ3v) is 3.52. The topological polar surface area (TPSA) is 63.7 Å². The molecule has 0 spiro atoms. The average Bonchev–Trinajstić information content (AvgIpc) is 2.78. The van der Waals surface area contributed by atoms with E-state index in [9.17, 15) is 14.4 Å². The molecule has 0 aliphatic carbocycles. The highest BCUT2D eigenvalue weighted by atomic mass is 16.5. The minimum absolute atomic E-state index is 0.0156. The van der Waals surface area contributed by atoms with Gasteiger partial charge in [0.15, 0.2) is 0 Å². The number of ketones is 1. The van der Waals surface area contributed by atoms with Crippen LogP contribution in [0.1, 0.15) is 46.5 Å². The lowest BCUT2D eigenvalue weighted by molar-refractivity contribution is -0.151. The summed E-state index contributed by atoms with van der Waals surface area (Å²) in [6, 6.07) is 0. The molecule has 0 radical (unpaired) electrons. The van der Waals surface area contributed by atoms with E-state index in [4.69, 9.17) is 4.74 Å². The number of nitrogens with zero attached hydrogens (tertiary/aromatic N) is 1. The zero-order valence-electron chi connectivity index (χ0n) is 12.0. The van der Waals surface area contributed by atoms with E-state index in [0.29, 0.717) is 19.5 Å². The Morgan fingerprint density at radius 3 is 2.37 bits per heavy atom. The second-order valence-corrected chi connectivity index (χ2v) is 5.05. The van der Waals surface area contributed by atoms with E-state index in [2.05, 4.69) is 0 Å². The van der Waals surface area contributed by atoms with Crippen LogP contribution in [0.2, 0.25) is 0 Å². The number of carbonyl (C=O) groups excluding carboxylic acids is 3. The fourth-order valence-corrected chi connectivity index (χ4v) is 2.30. The molecule has 0 unspecified atom stereocenters. The Hall–Kier alpha value is -1.39. The minimum atomic E-state index is -0.343. The van der Waals surface area contributed by atoms with Crippen molar-refractivity contribution >= 4 is 17.7 Å². The van der Waals surface area contributed by atoms with Crippen molar-refractivity contribution in [3.05, 3.63) is 0 Å². The Kier molecular flexibility index (Phi) is 5.99. The van der Waals surface area contributed by atoms with Gasteiger partial charge in [-0.15, -0.1) is 0 Å². The van der Waals surface area contributed by atoms with Gasteiger partial charge in [-0.25, -0.2) is 0 Å². The molecular weight excluding hydrogens is 246 g/mol. The van der Waals surface area contributed by atoms with Gasteiger partial charge in [0.25, 0.3) is 0 Å². The summed E-state index contributed by atoms with van der Waals surface area (Å²) in [5.74, 6) is -0.0554. The molecule has 1 amide bonds. The van der Waals surface area contributed by atoms with Gasteiger partial charge < -0.3 is 14.4 Å². The molecule has 108 valence electrons. The molecule has 0 saturated carbocycles. The predicted octanol–water partition coefficient (Wildman–Crippen LogP) is 1.55. The molecule has 5 nitrogen and oxygen atoms in total. The monoisotopic (exact) mass is 269 g/mol. The maximum atomic E-state index is 11.7. The molecular formula is C14H23NO4. The summed E-state index contributed by atoms with van der Waals surface area (Å²) < 4.78 is 5.41. The SMILES string of the molecule is CCC(=O)N1C[C@@H](CC)[C@@H](OC(=O)CCC(C)=O)C1. The van der Waals surface area contributed by atoms with Crippen molar-refractivity contribution in [2.24, 2.45) is 5.92 Å². The molecule has 2 atom stereocenters. The van der Waals surface area contributed by atoms with Crippen molar-refractivity contribution in [2.45, 2.75) is 52.6 Å². The first kappa shape index (κ1) is 15.7. The summed E-state index contributed by atoms with van der Waals surface area (Å²) in [5, 5.41) is 0. The maximum absolute atomic E-state index is 11.7. The normalized spacial score (nSPS) is 22.4. The Balaban J connectivity index is 2.49.